The molecule has 0 heterocycles. The van der Waals surface area contributed by atoms with Crippen LogP contribution in [0.5, 0.6) is 5.75 Å². The number of rotatable bonds is 14. The molecule has 3 rings (SSSR count). The van der Waals surface area contributed by atoms with Crippen molar-refractivity contribution < 1.29 is 22.7 Å². The van der Waals surface area contributed by atoms with Crippen molar-refractivity contribution in [1.29, 1.82) is 0 Å². The van der Waals surface area contributed by atoms with Gasteiger partial charge in [0.2, 0.25) is 11.8 Å². The van der Waals surface area contributed by atoms with Gasteiger partial charge in [0.15, 0.2) is 0 Å². The highest BCUT2D eigenvalue weighted by atomic mass is 79.9. The third kappa shape index (κ3) is 8.56. The van der Waals surface area contributed by atoms with Crippen LogP contribution in [-0.4, -0.2) is 50.9 Å². The molecular weight excluding hydrogens is 606 g/mol. The van der Waals surface area contributed by atoms with E-state index in [2.05, 4.69) is 21.2 Å². The van der Waals surface area contributed by atoms with E-state index in [0.717, 1.165) is 26.3 Å². The van der Waals surface area contributed by atoms with Gasteiger partial charge in [-0.1, -0.05) is 59.6 Å². The van der Waals surface area contributed by atoms with Gasteiger partial charge in [-0.3, -0.25) is 13.9 Å². The van der Waals surface area contributed by atoms with Crippen LogP contribution in [0.15, 0.2) is 82.2 Å². The summed E-state index contributed by atoms with van der Waals surface area (Å²) in [4.78, 5) is 28.8. The molecule has 220 valence electrons. The number of benzene rings is 3. The zero-order valence-electron chi connectivity index (χ0n) is 24.0. The molecule has 0 aromatic heterocycles. The lowest BCUT2D eigenvalue weighted by Gasteiger charge is -2.33. The average Bonchev–Trinajstić information content (AvgIpc) is 2.95. The third-order valence-corrected chi connectivity index (χ3v) is 8.80. The number of sulfonamides is 1. The molecule has 0 bridgehead atoms. The van der Waals surface area contributed by atoms with Crippen molar-refractivity contribution in [1.82, 2.24) is 10.2 Å². The summed E-state index contributed by atoms with van der Waals surface area (Å²) in [7, 11) is -4.15. The Labute approximate surface area is 251 Å². The Morgan fingerprint density at radius 1 is 0.976 bits per heavy atom. The molecule has 0 aliphatic rings. The number of hydrogen-bond donors (Lipinski definition) is 1. The lowest BCUT2D eigenvalue weighted by molar-refractivity contribution is -0.140. The fraction of sp³-hybridized carbons (Fsp3) is 0.355. The Morgan fingerprint density at radius 3 is 2.24 bits per heavy atom. The normalized spacial score (nSPS) is 11.9. The van der Waals surface area contributed by atoms with Crippen LogP contribution in [0.3, 0.4) is 0 Å². The van der Waals surface area contributed by atoms with Crippen molar-refractivity contribution in [2.75, 3.05) is 24.0 Å². The summed E-state index contributed by atoms with van der Waals surface area (Å²) in [5, 5.41) is 2.90. The number of nitrogens with one attached hydrogen (secondary N) is 1. The van der Waals surface area contributed by atoms with Crippen LogP contribution in [0.4, 0.5) is 5.69 Å². The first-order valence-corrected chi connectivity index (χ1v) is 16.0. The molecule has 0 saturated carbocycles. The van der Waals surface area contributed by atoms with E-state index >= 15 is 0 Å². The lowest BCUT2D eigenvalue weighted by atomic mass is 10.1. The van der Waals surface area contributed by atoms with Crippen molar-refractivity contribution in [2.24, 2.45) is 0 Å². The van der Waals surface area contributed by atoms with Crippen LogP contribution in [0, 0.1) is 6.92 Å². The molecule has 2 amide bonds. The maximum atomic E-state index is 14.1. The van der Waals surface area contributed by atoms with Gasteiger partial charge in [-0.2, -0.15) is 0 Å². The maximum absolute atomic E-state index is 14.1. The standard InChI is InChI=1S/C31H38BrN3O5S/c1-5-19-33-31(37)29(6-2)34(21-24-10-8-9-23(4)20-24)30(36)22-35(26-13-15-27(16-14-26)40-7-3)41(38,39)28-17-11-25(32)12-18-28/h8-18,20,29H,5-7,19,21-22H2,1-4H3,(H,33,37). The van der Waals surface area contributed by atoms with E-state index in [0.29, 0.717) is 31.0 Å². The highest BCUT2D eigenvalue weighted by Crippen LogP contribution is 2.27. The molecule has 0 saturated heterocycles. The summed E-state index contributed by atoms with van der Waals surface area (Å²) in [6.07, 6.45) is 1.13. The number of amides is 2. The molecule has 1 unspecified atom stereocenters. The summed E-state index contributed by atoms with van der Waals surface area (Å²) < 4.78 is 35.3. The van der Waals surface area contributed by atoms with Gasteiger partial charge in [-0.05, 0) is 80.8 Å². The van der Waals surface area contributed by atoms with Gasteiger partial charge in [0.25, 0.3) is 10.0 Å². The highest BCUT2D eigenvalue weighted by Gasteiger charge is 2.33. The third-order valence-electron chi connectivity index (χ3n) is 6.49. The van der Waals surface area contributed by atoms with Crippen LogP contribution < -0.4 is 14.4 Å². The molecule has 0 fully saturated rings. The zero-order valence-corrected chi connectivity index (χ0v) is 26.4. The molecule has 1 N–H and O–H groups in total. The van der Waals surface area contributed by atoms with E-state index in [1.54, 1.807) is 36.4 Å². The molecule has 0 aliphatic carbocycles. The minimum Gasteiger partial charge on any atom is -0.494 e. The van der Waals surface area contributed by atoms with E-state index in [4.69, 9.17) is 4.74 Å². The van der Waals surface area contributed by atoms with E-state index in [9.17, 15) is 18.0 Å². The van der Waals surface area contributed by atoms with Gasteiger partial charge >= 0.3 is 0 Å². The van der Waals surface area contributed by atoms with Gasteiger partial charge in [0.1, 0.15) is 18.3 Å². The number of carbonyl (C=O) groups excluding carboxylic acids is 2. The smallest absolute Gasteiger partial charge is 0.264 e. The second kappa shape index (κ2) is 15.0. The number of hydrogen-bond acceptors (Lipinski definition) is 5. The van der Waals surface area contributed by atoms with Crippen LogP contribution in [0.25, 0.3) is 0 Å². The van der Waals surface area contributed by atoms with Crippen LogP contribution in [0.1, 0.15) is 44.7 Å². The molecule has 0 spiro atoms. The first-order chi connectivity index (χ1) is 19.6. The fourth-order valence-electron chi connectivity index (χ4n) is 4.43. The van der Waals surface area contributed by atoms with Crippen molar-refractivity contribution in [3.8, 4) is 5.75 Å². The predicted molar refractivity (Wildman–Crippen MR) is 165 cm³/mol. The Hall–Kier alpha value is -3.37. The minimum absolute atomic E-state index is 0.0420. The Morgan fingerprint density at radius 2 is 1.66 bits per heavy atom. The molecule has 41 heavy (non-hydrogen) atoms. The van der Waals surface area contributed by atoms with Crippen molar-refractivity contribution in [3.05, 3.63) is 88.4 Å². The Kier molecular flexibility index (Phi) is 11.8. The first kappa shape index (κ1) is 32.1. The van der Waals surface area contributed by atoms with Gasteiger partial charge in [0, 0.05) is 17.6 Å². The number of carbonyl (C=O) groups is 2. The molecule has 3 aromatic rings. The summed E-state index contributed by atoms with van der Waals surface area (Å²) >= 11 is 3.35. The largest absolute Gasteiger partial charge is 0.494 e. The van der Waals surface area contributed by atoms with Crippen LogP contribution in [-0.2, 0) is 26.2 Å². The van der Waals surface area contributed by atoms with Gasteiger partial charge in [0.05, 0.1) is 17.2 Å². The monoisotopic (exact) mass is 643 g/mol. The second-order valence-electron chi connectivity index (χ2n) is 9.62. The zero-order chi connectivity index (χ0) is 30.0. The summed E-state index contributed by atoms with van der Waals surface area (Å²) in [5.41, 5.74) is 2.18. The molecular formula is C31H38BrN3O5S. The predicted octanol–water partition coefficient (Wildman–Crippen LogP) is 5.69. The van der Waals surface area contributed by atoms with E-state index in [1.807, 2.05) is 52.0 Å². The van der Waals surface area contributed by atoms with Gasteiger partial charge < -0.3 is 15.0 Å². The molecule has 10 heteroatoms. The number of ether oxygens (including phenoxy) is 1. The highest BCUT2D eigenvalue weighted by molar-refractivity contribution is 9.10. The quantitative estimate of drug-likeness (QED) is 0.244. The number of nitrogens with zero attached hydrogens (tertiary/aromatic N) is 2. The van der Waals surface area contributed by atoms with Crippen molar-refractivity contribution in [2.45, 2.75) is 58.0 Å². The Balaban J connectivity index is 2.05. The first-order valence-electron chi connectivity index (χ1n) is 13.7. The summed E-state index contributed by atoms with van der Waals surface area (Å²) in [6.45, 7) is 8.24. The minimum atomic E-state index is -4.15. The number of halogens is 1. The average molecular weight is 645 g/mol. The lowest BCUT2D eigenvalue weighted by Crippen LogP contribution is -2.52. The topological polar surface area (TPSA) is 96.0 Å². The number of aryl methyl sites for hydroxylation is 1. The maximum Gasteiger partial charge on any atom is 0.264 e. The fourth-order valence-corrected chi connectivity index (χ4v) is 6.11. The van der Waals surface area contributed by atoms with Gasteiger partial charge in [-0.25, -0.2) is 8.42 Å². The van der Waals surface area contributed by atoms with E-state index < -0.39 is 28.5 Å². The van der Waals surface area contributed by atoms with Crippen molar-refractivity contribution in [3.63, 3.8) is 0 Å². The van der Waals surface area contributed by atoms with Gasteiger partial charge in [-0.15, -0.1) is 0 Å². The van der Waals surface area contributed by atoms with Crippen LogP contribution >= 0.6 is 15.9 Å². The van der Waals surface area contributed by atoms with E-state index in [1.165, 1.54) is 17.0 Å². The Bertz CT molecular complexity index is 1410. The molecule has 8 nitrogen and oxygen atoms in total. The molecule has 3 aromatic carbocycles. The SMILES string of the molecule is CCCNC(=O)C(CC)N(Cc1cccc(C)c1)C(=O)CN(c1ccc(OCC)cc1)S(=O)(=O)c1ccc(Br)cc1. The summed E-state index contributed by atoms with van der Waals surface area (Å²) in [5.74, 6) is -0.165. The second-order valence-corrected chi connectivity index (χ2v) is 12.4. The van der Waals surface area contributed by atoms with E-state index in [-0.39, 0.29) is 17.3 Å². The number of anilines is 1. The summed E-state index contributed by atoms with van der Waals surface area (Å²) in [6, 6.07) is 19.8. The molecule has 0 aliphatic heterocycles. The van der Waals surface area contributed by atoms with Crippen molar-refractivity contribution >= 4 is 43.5 Å². The molecule has 1 atom stereocenters. The van der Waals surface area contributed by atoms with Crippen LogP contribution in [0.2, 0.25) is 0 Å². The molecule has 0 radical (unpaired) electrons.